The predicted molar refractivity (Wildman–Crippen MR) is 116 cm³/mol. The number of aromatic nitrogens is 1. The van der Waals surface area contributed by atoms with Crippen molar-refractivity contribution < 1.29 is 14.3 Å². The van der Waals surface area contributed by atoms with Crippen molar-refractivity contribution in [2.75, 3.05) is 13.2 Å². The summed E-state index contributed by atoms with van der Waals surface area (Å²) in [6.45, 7) is 1.60. The molecule has 3 aromatic heterocycles. The maximum absolute atomic E-state index is 12.3. The minimum absolute atomic E-state index is 0.0907. The molecule has 0 aliphatic carbocycles. The van der Waals surface area contributed by atoms with E-state index in [1.807, 2.05) is 17.5 Å². The molecule has 0 radical (unpaired) electrons. The first-order valence-corrected chi connectivity index (χ1v) is 11.5. The van der Waals surface area contributed by atoms with Crippen LogP contribution in [0.4, 0.5) is 4.79 Å². The Morgan fingerprint density at radius 1 is 1.54 bits per heavy atom. The van der Waals surface area contributed by atoms with Gasteiger partial charge in [0.2, 0.25) is 0 Å². The Balaban J connectivity index is 1.61. The predicted octanol–water partition coefficient (Wildman–Crippen LogP) is 4.89. The highest BCUT2D eigenvalue weighted by molar-refractivity contribution is 9.10. The molecule has 0 saturated carbocycles. The Morgan fingerprint density at radius 2 is 2.39 bits per heavy atom. The molecular weight excluding hydrogens is 486 g/mol. The molecule has 2 atom stereocenters. The average molecular weight is 503 g/mol. The molecule has 1 aliphatic rings. The first-order chi connectivity index (χ1) is 13.5. The van der Waals surface area contributed by atoms with E-state index in [1.165, 1.54) is 11.3 Å². The van der Waals surface area contributed by atoms with Gasteiger partial charge in [-0.2, -0.15) is 0 Å². The van der Waals surface area contributed by atoms with Crippen molar-refractivity contribution in [3.05, 3.63) is 43.0 Å². The van der Waals surface area contributed by atoms with Gasteiger partial charge in [0.15, 0.2) is 5.75 Å². The summed E-state index contributed by atoms with van der Waals surface area (Å²) < 4.78 is 12.6. The summed E-state index contributed by atoms with van der Waals surface area (Å²) in [5.74, 6) is 0.540. The standard InChI is InChI=1S/C18H17BrClN3O3S2/c19-14-15-17(28-16(14)10-3-4-25-8-11(10)21)12(6-13(20)23-15)26-18(24)22-7-9-2-1-5-27-9/h1-2,5-6,10-11H,3-4,7-8,21H2,(H,22,24)/t10-,11+/m1/s1. The number of amides is 1. The number of halogens is 2. The molecular formula is C18H17BrClN3O3S2. The number of hydrogen-bond donors (Lipinski definition) is 2. The second kappa shape index (κ2) is 8.64. The number of hydrogen-bond acceptors (Lipinski definition) is 7. The van der Waals surface area contributed by atoms with Gasteiger partial charge in [0, 0.05) is 34.4 Å². The summed E-state index contributed by atoms with van der Waals surface area (Å²) in [6, 6.07) is 5.36. The Labute approximate surface area is 183 Å². The van der Waals surface area contributed by atoms with Gasteiger partial charge in [-0.05, 0) is 33.8 Å². The second-order valence-electron chi connectivity index (χ2n) is 6.36. The van der Waals surface area contributed by atoms with Crippen molar-refractivity contribution in [3.8, 4) is 5.75 Å². The summed E-state index contributed by atoms with van der Waals surface area (Å²) in [6.07, 6.45) is 0.295. The first-order valence-electron chi connectivity index (χ1n) is 8.62. The Morgan fingerprint density at radius 3 is 3.14 bits per heavy atom. The minimum atomic E-state index is -0.536. The molecule has 0 unspecified atom stereocenters. The Hall–Kier alpha value is -1.23. The monoisotopic (exact) mass is 501 g/mol. The van der Waals surface area contributed by atoms with Crippen LogP contribution in [-0.4, -0.2) is 30.3 Å². The zero-order chi connectivity index (χ0) is 19.7. The molecule has 0 aromatic carbocycles. The number of nitrogens with one attached hydrogen (secondary N) is 1. The van der Waals surface area contributed by atoms with E-state index in [1.54, 1.807) is 17.4 Å². The molecule has 3 N–H and O–H groups in total. The number of thiophene rings is 2. The first kappa shape index (κ1) is 20.1. The fourth-order valence-corrected chi connectivity index (χ4v) is 6.19. The van der Waals surface area contributed by atoms with Crippen LogP contribution in [-0.2, 0) is 11.3 Å². The van der Waals surface area contributed by atoms with E-state index in [0.717, 1.165) is 25.3 Å². The number of ether oxygens (including phenoxy) is 2. The van der Waals surface area contributed by atoms with E-state index in [-0.39, 0.29) is 17.1 Å². The third kappa shape index (κ3) is 4.19. The summed E-state index contributed by atoms with van der Waals surface area (Å²) in [7, 11) is 0. The van der Waals surface area contributed by atoms with Crippen LogP contribution in [0.25, 0.3) is 10.2 Å². The fraction of sp³-hybridized carbons (Fsp3) is 0.333. The number of fused-ring (bicyclic) bond motifs is 1. The van der Waals surface area contributed by atoms with Crippen LogP contribution in [0, 0.1) is 0 Å². The van der Waals surface area contributed by atoms with Gasteiger partial charge in [-0.1, -0.05) is 17.7 Å². The summed E-state index contributed by atoms with van der Waals surface area (Å²) in [5, 5.41) is 4.97. The van der Waals surface area contributed by atoms with Crippen molar-refractivity contribution in [2.24, 2.45) is 5.73 Å². The van der Waals surface area contributed by atoms with Gasteiger partial charge in [0.1, 0.15) is 10.7 Å². The van der Waals surface area contributed by atoms with Crippen LogP contribution in [0.5, 0.6) is 5.75 Å². The largest absolute Gasteiger partial charge is 0.412 e. The molecule has 10 heteroatoms. The molecule has 4 heterocycles. The maximum Gasteiger partial charge on any atom is 0.412 e. The van der Waals surface area contributed by atoms with Crippen molar-refractivity contribution in [2.45, 2.75) is 24.9 Å². The average Bonchev–Trinajstić information content (AvgIpc) is 3.29. The lowest BCUT2D eigenvalue weighted by atomic mass is 9.94. The van der Waals surface area contributed by atoms with Crippen LogP contribution in [0.15, 0.2) is 28.1 Å². The number of rotatable bonds is 4. The number of nitrogens with two attached hydrogens (primary N) is 1. The van der Waals surface area contributed by atoms with Gasteiger partial charge in [-0.25, -0.2) is 9.78 Å². The summed E-state index contributed by atoms with van der Waals surface area (Å²) in [4.78, 5) is 18.8. The topological polar surface area (TPSA) is 86.5 Å². The van der Waals surface area contributed by atoms with Gasteiger partial charge >= 0.3 is 6.09 Å². The van der Waals surface area contributed by atoms with E-state index >= 15 is 0 Å². The lowest BCUT2D eigenvalue weighted by Gasteiger charge is -2.28. The van der Waals surface area contributed by atoms with E-state index < -0.39 is 6.09 Å². The second-order valence-corrected chi connectivity index (χ2v) is 9.62. The van der Waals surface area contributed by atoms with Gasteiger partial charge in [0.05, 0.1) is 22.3 Å². The third-order valence-electron chi connectivity index (χ3n) is 4.47. The van der Waals surface area contributed by atoms with Crippen LogP contribution in [0.1, 0.15) is 22.1 Å². The third-order valence-corrected chi connectivity index (χ3v) is 7.93. The zero-order valence-corrected chi connectivity index (χ0v) is 18.6. The number of carbonyl (C=O) groups is 1. The van der Waals surface area contributed by atoms with Gasteiger partial charge in [-0.15, -0.1) is 22.7 Å². The Kier molecular flexibility index (Phi) is 6.19. The molecule has 3 aromatic rings. The number of nitrogens with zero attached hydrogens (tertiary/aromatic N) is 1. The molecule has 0 spiro atoms. The highest BCUT2D eigenvalue weighted by atomic mass is 79.9. The van der Waals surface area contributed by atoms with Gasteiger partial charge in [-0.3, -0.25) is 0 Å². The Bertz CT molecular complexity index is 996. The molecule has 1 fully saturated rings. The zero-order valence-electron chi connectivity index (χ0n) is 14.6. The lowest BCUT2D eigenvalue weighted by molar-refractivity contribution is 0.0702. The molecule has 4 rings (SSSR count). The quantitative estimate of drug-likeness (QED) is 0.496. The fourth-order valence-electron chi connectivity index (χ4n) is 3.11. The molecule has 1 aliphatic heterocycles. The van der Waals surface area contributed by atoms with Gasteiger partial charge < -0.3 is 20.5 Å². The number of carbonyl (C=O) groups excluding carboxylic acids is 1. The van der Waals surface area contributed by atoms with Crippen molar-refractivity contribution in [3.63, 3.8) is 0 Å². The van der Waals surface area contributed by atoms with E-state index in [0.29, 0.717) is 31.0 Å². The molecule has 148 valence electrons. The highest BCUT2D eigenvalue weighted by Crippen LogP contribution is 2.45. The normalized spacial score (nSPS) is 19.7. The van der Waals surface area contributed by atoms with Crippen LogP contribution in [0.2, 0.25) is 5.15 Å². The van der Waals surface area contributed by atoms with Crippen LogP contribution >= 0.6 is 50.2 Å². The molecule has 6 nitrogen and oxygen atoms in total. The smallest absolute Gasteiger partial charge is 0.409 e. The number of pyridine rings is 1. The van der Waals surface area contributed by atoms with Crippen LogP contribution < -0.4 is 15.8 Å². The van der Waals surface area contributed by atoms with Crippen LogP contribution in [0.3, 0.4) is 0 Å². The molecule has 1 saturated heterocycles. The van der Waals surface area contributed by atoms with Crippen molar-refractivity contribution in [1.29, 1.82) is 0 Å². The highest BCUT2D eigenvalue weighted by Gasteiger charge is 2.29. The van der Waals surface area contributed by atoms with Gasteiger partial charge in [0.25, 0.3) is 0 Å². The summed E-state index contributed by atoms with van der Waals surface area (Å²) >= 11 is 12.9. The molecule has 0 bridgehead atoms. The van der Waals surface area contributed by atoms with E-state index in [2.05, 4.69) is 26.2 Å². The minimum Gasteiger partial charge on any atom is -0.409 e. The molecule has 28 heavy (non-hydrogen) atoms. The van der Waals surface area contributed by atoms with Crippen molar-refractivity contribution in [1.82, 2.24) is 10.3 Å². The summed E-state index contributed by atoms with van der Waals surface area (Å²) in [5.41, 5.74) is 6.93. The SMILES string of the molecule is N[C@H]1COCC[C@H]1c1sc2c(OC(=O)NCc3cccs3)cc(Cl)nc2c1Br. The maximum atomic E-state index is 12.3. The van der Waals surface area contributed by atoms with E-state index in [4.69, 9.17) is 26.8 Å². The van der Waals surface area contributed by atoms with E-state index in [9.17, 15) is 4.79 Å². The lowest BCUT2D eigenvalue weighted by Crippen LogP contribution is -2.37. The molecule has 1 amide bonds. The van der Waals surface area contributed by atoms with Crippen molar-refractivity contribution >= 4 is 66.5 Å².